The van der Waals surface area contributed by atoms with Crippen LogP contribution in [0.4, 0.5) is 24.7 Å². The van der Waals surface area contributed by atoms with Gasteiger partial charge in [0, 0.05) is 18.4 Å². The Labute approximate surface area is 233 Å². The van der Waals surface area contributed by atoms with Gasteiger partial charge in [-0.1, -0.05) is 84.8 Å². The van der Waals surface area contributed by atoms with Crippen molar-refractivity contribution in [2.75, 3.05) is 25.0 Å². The second-order valence-corrected chi connectivity index (χ2v) is 10.8. The molecule has 218 valence electrons. The Balaban J connectivity index is 2.03. The van der Waals surface area contributed by atoms with Gasteiger partial charge >= 0.3 is 6.18 Å². The summed E-state index contributed by atoms with van der Waals surface area (Å²) in [6.07, 6.45) is 8.76. The molecule has 1 aromatic carbocycles. The first kappa shape index (κ1) is 31.3. The van der Waals surface area contributed by atoms with Gasteiger partial charge in [0.15, 0.2) is 0 Å². The van der Waals surface area contributed by atoms with Crippen LogP contribution < -0.4 is 5.32 Å². The molecule has 5 nitrogen and oxygen atoms in total. The summed E-state index contributed by atoms with van der Waals surface area (Å²) in [6.45, 7) is 11.7. The monoisotopic (exact) mass is 548 g/mol. The van der Waals surface area contributed by atoms with Gasteiger partial charge in [-0.3, -0.25) is 4.90 Å². The fraction of sp³-hybridized carbons (Fsp3) is 0.677. The van der Waals surface area contributed by atoms with E-state index in [1.54, 1.807) is 0 Å². The van der Waals surface area contributed by atoms with Crippen LogP contribution in [0.2, 0.25) is 0 Å². The van der Waals surface area contributed by atoms with Crippen LogP contribution in [0.25, 0.3) is 0 Å². The maximum absolute atomic E-state index is 13.1. The summed E-state index contributed by atoms with van der Waals surface area (Å²) in [5.41, 5.74) is 1.32. The number of aromatic nitrogens is 2. The van der Waals surface area contributed by atoms with Crippen LogP contribution in [0, 0.1) is 0 Å². The zero-order valence-corrected chi connectivity index (χ0v) is 24.2. The Bertz CT molecular complexity index is 990. The van der Waals surface area contributed by atoms with Crippen molar-refractivity contribution in [3.8, 4) is 0 Å². The summed E-state index contributed by atoms with van der Waals surface area (Å²) < 4.78 is 46.3. The zero-order valence-electron chi connectivity index (χ0n) is 24.2. The van der Waals surface area contributed by atoms with Crippen molar-refractivity contribution in [2.24, 2.45) is 0 Å². The lowest BCUT2D eigenvalue weighted by Crippen LogP contribution is -2.67. The van der Waals surface area contributed by atoms with Crippen molar-refractivity contribution >= 4 is 11.5 Å². The fourth-order valence-electron chi connectivity index (χ4n) is 6.15. The molecule has 0 saturated carbocycles. The summed E-state index contributed by atoms with van der Waals surface area (Å²) in [5.74, 6) is -1.03. The molecule has 0 spiro atoms. The third-order valence-corrected chi connectivity index (χ3v) is 8.15. The van der Waals surface area contributed by atoms with Crippen molar-refractivity contribution in [3.63, 3.8) is 0 Å². The van der Waals surface area contributed by atoms with E-state index in [0.717, 1.165) is 89.1 Å². The normalized spacial score (nSPS) is 19.8. The lowest BCUT2D eigenvalue weighted by molar-refractivity contribution is -0.217. The Hall–Kier alpha value is -2.19. The van der Waals surface area contributed by atoms with Gasteiger partial charge in [-0.05, 0) is 56.0 Å². The average molecular weight is 549 g/mol. The highest BCUT2D eigenvalue weighted by Crippen LogP contribution is 2.52. The quantitative estimate of drug-likeness (QED) is 0.241. The van der Waals surface area contributed by atoms with Gasteiger partial charge in [0.1, 0.15) is 11.4 Å². The van der Waals surface area contributed by atoms with Gasteiger partial charge in [-0.25, -0.2) is 9.97 Å². The number of benzene rings is 1. The number of nitrogens with one attached hydrogen (secondary N) is 1. The van der Waals surface area contributed by atoms with Gasteiger partial charge < -0.3 is 10.1 Å². The minimum absolute atomic E-state index is 0.0924. The maximum Gasteiger partial charge on any atom is 0.451 e. The minimum atomic E-state index is -4.59. The molecule has 1 atom stereocenters. The first-order valence-electron chi connectivity index (χ1n) is 14.9. The fourth-order valence-corrected chi connectivity index (χ4v) is 6.15. The van der Waals surface area contributed by atoms with Crippen LogP contribution in [-0.4, -0.2) is 40.1 Å². The third-order valence-electron chi connectivity index (χ3n) is 8.15. The predicted octanol–water partition coefficient (Wildman–Crippen LogP) is 8.88. The smallest absolute Gasteiger partial charge is 0.367 e. The van der Waals surface area contributed by atoms with E-state index in [1.165, 1.54) is 12.5 Å². The van der Waals surface area contributed by atoms with E-state index in [2.05, 4.69) is 60.0 Å². The van der Waals surface area contributed by atoms with Crippen LogP contribution in [0.15, 0.2) is 36.5 Å². The average Bonchev–Trinajstić information content (AvgIpc) is 2.93. The highest BCUT2D eigenvalue weighted by Gasteiger charge is 2.57. The summed E-state index contributed by atoms with van der Waals surface area (Å²) >= 11 is 0. The molecule has 1 N–H and O–H groups in total. The molecule has 8 heteroatoms. The van der Waals surface area contributed by atoms with Crippen LogP contribution in [-0.2, 0) is 16.5 Å². The Morgan fingerprint density at radius 1 is 0.872 bits per heavy atom. The van der Waals surface area contributed by atoms with Crippen molar-refractivity contribution in [2.45, 2.75) is 116 Å². The molecule has 1 fully saturated rings. The van der Waals surface area contributed by atoms with E-state index in [1.807, 2.05) is 12.1 Å². The summed E-state index contributed by atoms with van der Waals surface area (Å²) in [5, 5.41) is 3.03. The number of nitrogens with zero attached hydrogens (tertiary/aromatic N) is 3. The lowest BCUT2D eigenvalue weighted by Gasteiger charge is -2.60. The van der Waals surface area contributed by atoms with Crippen LogP contribution >= 0.6 is 0 Å². The third kappa shape index (κ3) is 7.31. The molecule has 0 unspecified atom stereocenters. The molecule has 0 bridgehead atoms. The Kier molecular flexibility index (Phi) is 11.6. The van der Waals surface area contributed by atoms with Crippen LogP contribution in [0.5, 0.6) is 0 Å². The van der Waals surface area contributed by atoms with Crippen LogP contribution in [0.1, 0.15) is 110 Å². The predicted molar refractivity (Wildman–Crippen MR) is 152 cm³/mol. The molecule has 0 amide bonds. The topological polar surface area (TPSA) is 50.3 Å². The van der Waals surface area contributed by atoms with E-state index in [0.29, 0.717) is 12.3 Å². The summed E-state index contributed by atoms with van der Waals surface area (Å²) in [6, 6.07) is 9.55. The van der Waals surface area contributed by atoms with E-state index in [9.17, 15) is 13.2 Å². The van der Waals surface area contributed by atoms with E-state index >= 15 is 0 Å². The lowest BCUT2D eigenvalue weighted by atomic mass is 9.65. The highest BCUT2D eigenvalue weighted by molar-refractivity contribution is 5.56. The van der Waals surface area contributed by atoms with Crippen molar-refractivity contribution in [3.05, 3.63) is 47.9 Å². The van der Waals surface area contributed by atoms with Gasteiger partial charge in [-0.15, -0.1) is 0 Å². The van der Waals surface area contributed by atoms with E-state index in [-0.39, 0.29) is 11.4 Å². The number of alkyl halides is 3. The highest BCUT2D eigenvalue weighted by atomic mass is 19.4. The first-order chi connectivity index (χ1) is 18.8. The molecule has 2 heterocycles. The molecule has 0 aliphatic carbocycles. The second kappa shape index (κ2) is 14.4. The summed E-state index contributed by atoms with van der Waals surface area (Å²) in [7, 11) is 0. The molecule has 3 rings (SSSR count). The molecule has 0 radical (unpaired) electrons. The van der Waals surface area contributed by atoms with Crippen molar-refractivity contribution < 1.29 is 17.9 Å². The van der Waals surface area contributed by atoms with Crippen molar-refractivity contribution in [1.29, 1.82) is 0 Å². The molecular formula is C31H47F3N4O. The Morgan fingerprint density at radius 2 is 1.49 bits per heavy atom. The maximum atomic E-state index is 13.1. The number of unbranched alkanes of at least 4 members (excludes halogenated alkanes) is 4. The summed E-state index contributed by atoms with van der Waals surface area (Å²) in [4.78, 5) is 9.77. The standard InChI is InChI=1S/C31H47F3N4O/c1-5-9-18-29(19-10-6-2)30(20-11-7-3,39-24-23-38(29)22-12-8-4)25-13-15-26(16-14-25)36-27-17-21-35-28(37-27)31(32,33)34/h13-17,21H,5-12,18-20,22-24H2,1-4H3,(H,35,36,37)/t30-/m1/s1. The molecule has 1 aliphatic rings. The number of ether oxygens (including phenoxy) is 1. The number of hydrogen-bond acceptors (Lipinski definition) is 5. The SMILES string of the molecule is CCCCN1CCO[C@](CCCC)(c2ccc(Nc3ccnc(C(F)(F)F)n3)cc2)C1(CCCC)CCCC. The van der Waals surface area contributed by atoms with E-state index in [4.69, 9.17) is 4.74 Å². The second-order valence-electron chi connectivity index (χ2n) is 10.8. The van der Waals surface area contributed by atoms with Gasteiger partial charge in [0.05, 0.1) is 12.1 Å². The molecule has 2 aromatic rings. The number of rotatable bonds is 15. The number of morpholine rings is 1. The van der Waals surface area contributed by atoms with Gasteiger partial charge in [0.25, 0.3) is 0 Å². The largest absolute Gasteiger partial charge is 0.451 e. The van der Waals surface area contributed by atoms with Gasteiger partial charge in [0.2, 0.25) is 5.82 Å². The van der Waals surface area contributed by atoms with Gasteiger partial charge in [-0.2, -0.15) is 13.2 Å². The zero-order chi connectivity index (χ0) is 28.4. The molecule has 1 saturated heterocycles. The number of halogens is 3. The van der Waals surface area contributed by atoms with E-state index < -0.39 is 17.6 Å². The first-order valence-corrected chi connectivity index (χ1v) is 14.9. The van der Waals surface area contributed by atoms with Crippen LogP contribution in [0.3, 0.4) is 0 Å². The molecule has 1 aliphatic heterocycles. The minimum Gasteiger partial charge on any atom is -0.367 e. The number of anilines is 2. The molecular weight excluding hydrogens is 501 g/mol. The molecule has 39 heavy (non-hydrogen) atoms. The van der Waals surface area contributed by atoms with Crippen molar-refractivity contribution in [1.82, 2.24) is 14.9 Å². The number of hydrogen-bond donors (Lipinski definition) is 1. The Morgan fingerprint density at radius 3 is 2.08 bits per heavy atom. The molecule has 1 aromatic heterocycles.